The van der Waals surface area contributed by atoms with E-state index in [9.17, 15) is 4.79 Å². The van der Waals surface area contributed by atoms with Gasteiger partial charge in [0.15, 0.2) is 11.5 Å². The lowest BCUT2D eigenvalue weighted by Crippen LogP contribution is -2.44. The Labute approximate surface area is 141 Å². The molecule has 1 N–H and O–H groups in total. The molecule has 2 aromatic rings. The van der Waals surface area contributed by atoms with Crippen molar-refractivity contribution >= 4 is 17.4 Å². The number of nitrogens with zero attached hydrogens (tertiary/aromatic N) is 5. The van der Waals surface area contributed by atoms with Crippen molar-refractivity contribution in [3.63, 3.8) is 0 Å². The maximum Gasteiger partial charge on any atom is 0.225 e. The van der Waals surface area contributed by atoms with Crippen LogP contribution in [0.1, 0.15) is 51.3 Å². The van der Waals surface area contributed by atoms with Gasteiger partial charge in [-0.1, -0.05) is 13.8 Å². The standard InChI is InChI=1S/C17H24N6O/c1-11(2)16-20-19-14-7-8-15(21-23(14)16)22-9-3-4-12(10-22)17(24)18-13-5-6-13/h7-8,11-13H,3-6,9-10H2,1-2H3,(H,18,24). The fraction of sp³-hybridized carbons (Fsp3) is 0.647. The van der Waals surface area contributed by atoms with Gasteiger partial charge in [-0.2, -0.15) is 4.52 Å². The Balaban J connectivity index is 1.54. The molecule has 2 fully saturated rings. The summed E-state index contributed by atoms with van der Waals surface area (Å²) in [6.45, 7) is 5.84. The maximum atomic E-state index is 12.4. The van der Waals surface area contributed by atoms with Crippen LogP contribution >= 0.6 is 0 Å². The van der Waals surface area contributed by atoms with Gasteiger partial charge in [-0.3, -0.25) is 4.79 Å². The van der Waals surface area contributed by atoms with Gasteiger partial charge in [-0.15, -0.1) is 15.3 Å². The number of anilines is 1. The zero-order valence-corrected chi connectivity index (χ0v) is 14.3. The number of piperidine rings is 1. The number of amides is 1. The van der Waals surface area contributed by atoms with Gasteiger partial charge in [0.1, 0.15) is 5.82 Å². The molecule has 1 amide bonds. The number of rotatable bonds is 4. The van der Waals surface area contributed by atoms with Crippen molar-refractivity contribution in [3.8, 4) is 0 Å². The van der Waals surface area contributed by atoms with Crippen molar-refractivity contribution in [3.05, 3.63) is 18.0 Å². The number of carbonyl (C=O) groups is 1. The SMILES string of the molecule is CC(C)c1nnc2ccc(N3CCCC(C(=O)NC4CC4)C3)nn12. The summed E-state index contributed by atoms with van der Waals surface area (Å²) in [7, 11) is 0. The number of nitrogens with one attached hydrogen (secondary N) is 1. The minimum Gasteiger partial charge on any atom is -0.354 e. The number of hydrogen-bond donors (Lipinski definition) is 1. The normalized spacial score (nSPS) is 21.5. The highest BCUT2D eigenvalue weighted by atomic mass is 16.2. The van der Waals surface area contributed by atoms with E-state index < -0.39 is 0 Å². The van der Waals surface area contributed by atoms with Crippen LogP contribution in [-0.4, -0.2) is 44.8 Å². The molecule has 0 bridgehead atoms. The Morgan fingerprint density at radius 2 is 2.08 bits per heavy atom. The molecule has 1 saturated carbocycles. The highest BCUT2D eigenvalue weighted by molar-refractivity contribution is 5.80. The second-order valence-corrected chi connectivity index (χ2v) is 7.24. The topological polar surface area (TPSA) is 75.4 Å². The molecule has 1 aliphatic carbocycles. The van der Waals surface area contributed by atoms with Gasteiger partial charge in [0, 0.05) is 25.0 Å². The Morgan fingerprint density at radius 1 is 1.25 bits per heavy atom. The molecule has 1 saturated heterocycles. The van der Waals surface area contributed by atoms with Gasteiger partial charge >= 0.3 is 0 Å². The fourth-order valence-electron chi connectivity index (χ4n) is 3.27. The lowest BCUT2D eigenvalue weighted by Gasteiger charge is -2.32. The van der Waals surface area contributed by atoms with E-state index in [1.165, 1.54) is 0 Å². The minimum atomic E-state index is 0.0577. The van der Waals surface area contributed by atoms with Gasteiger partial charge in [0.2, 0.25) is 5.91 Å². The summed E-state index contributed by atoms with van der Waals surface area (Å²) < 4.78 is 1.83. The molecule has 1 unspecified atom stereocenters. The molecule has 7 nitrogen and oxygen atoms in total. The van der Waals surface area contributed by atoms with Crippen LogP contribution in [0.5, 0.6) is 0 Å². The summed E-state index contributed by atoms with van der Waals surface area (Å²) in [5, 5.41) is 16.3. The molecular weight excluding hydrogens is 304 g/mol. The van der Waals surface area contributed by atoms with Crippen molar-refractivity contribution in [2.75, 3.05) is 18.0 Å². The van der Waals surface area contributed by atoms with E-state index in [0.717, 1.165) is 56.1 Å². The summed E-state index contributed by atoms with van der Waals surface area (Å²) in [5.41, 5.74) is 0.766. The van der Waals surface area contributed by atoms with Crippen LogP contribution in [0.2, 0.25) is 0 Å². The van der Waals surface area contributed by atoms with Gasteiger partial charge < -0.3 is 10.2 Å². The third kappa shape index (κ3) is 2.95. The average molecular weight is 328 g/mol. The number of fused-ring (bicyclic) bond motifs is 1. The zero-order valence-electron chi connectivity index (χ0n) is 14.3. The molecule has 2 aliphatic rings. The van der Waals surface area contributed by atoms with E-state index in [2.05, 4.69) is 34.3 Å². The van der Waals surface area contributed by atoms with Crippen LogP contribution in [0.15, 0.2) is 12.1 Å². The van der Waals surface area contributed by atoms with Gasteiger partial charge in [0.05, 0.1) is 5.92 Å². The lowest BCUT2D eigenvalue weighted by atomic mass is 9.97. The molecule has 0 radical (unpaired) electrons. The predicted octanol–water partition coefficient (Wildman–Crippen LogP) is 1.74. The van der Waals surface area contributed by atoms with Gasteiger partial charge in [-0.05, 0) is 37.8 Å². The van der Waals surface area contributed by atoms with Crippen LogP contribution in [0, 0.1) is 5.92 Å². The molecule has 2 aromatic heterocycles. The third-order valence-corrected chi connectivity index (χ3v) is 4.83. The van der Waals surface area contributed by atoms with Crippen molar-refractivity contribution in [2.45, 2.75) is 51.5 Å². The van der Waals surface area contributed by atoms with Gasteiger partial charge in [-0.25, -0.2) is 0 Å². The van der Waals surface area contributed by atoms with Crippen molar-refractivity contribution in [1.82, 2.24) is 25.1 Å². The van der Waals surface area contributed by atoms with E-state index in [0.29, 0.717) is 6.04 Å². The van der Waals surface area contributed by atoms with Crippen LogP contribution in [0.3, 0.4) is 0 Å². The third-order valence-electron chi connectivity index (χ3n) is 4.83. The summed E-state index contributed by atoms with van der Waals surface area (Å²) >= 11 is 0. The van der Waals surface area contributed by atoms with E-state index in [-0.39, 0.29) is 17.7 Å². The van der Waals surface area contributed by atoms with E-state index in [4.69, 9.17) is 5.10 Å². The van der Waals surface area contributed by atoms with Crippen molar-refractivity contribution < 1.29 is 4.79 Å². The Bertz CT molecular complexity index is 751. The van der Waals surface area contributed by atoms with E-state index in [1.807, 2.05) is 16.6 Å². The first-order chi connectivity index (χ1) is 11.6. The highest BCUT2D eigenvalue weighted by Crippen LogP contribution is 2.25. The molecule has 0 spiro atoms. The largest absolute Gasteiger partial charge is 0.354 e. The predicted molar refractivity (Wildman–Crippen MR) is 91.0 cm³/mol. The molecule has 1 aliphatic heterocycles. The number of aromatic nitrogens is 4. The van der Waals surface area contributed by atoms with Gasteiger partial charge in [0.25, 0.3) is 0 Å². The Morgan fingerprint density at radius 3 is 2.83 bits per heavy atom. The summed E-state index contributed by atoms with van der Waals surface area (Å²) in [4.78, 5) is 14.6. The quantitative estimate of drug-likeness (QED) is 0.925. The first kappa shape index (κ1) is 15.4. The molecule has 4 rings (SSSR count). The van der Waals surface area contributed by atoms with Crippen LogP contribution in [0.4, 0.5) is 5.82 Å². The van der Waals surface area contributed by atoms with Crippen LogP contribution in [0.25, 0.3) is 5.65 Å². The number of carbonyl (C=O) groups excluding carboxylic acids is 1. The molecule has 7 heteroatoms. The van der Waals surface area contributed by atoms with E-state index in [1.54, 1.807) is 0 Å². The first-order valence-corrected chi connectivity index (χ1v) is 8.89. The number of hydrogen-bond acceptors (Lipinski definition) is 5. The van der Waals surface area contributed by atoms with Crippen molar-refractivity contribution in [2.24, 2.45) is 5.92 Å². The Hall–Kier alpha value is -2.18. The minimum absolute atomic E-state index is 0.0577. The first-order valence-electron chi connectivity index (χ1n) is 8.89. The summed E-state index contributed by atoms with van der Waals surface area (Å²) in [6, 6.07) is 4.36. The van der Waals surface area contributed by atoms with Crippen molar-refractivity contribution in [1.29, 1.82) is 0 Å². The maximum absolute atomic E-state index is 12.4. The monoisotopic (exact) mass is 328 g/mol. The molecule has 24 heavy (non-hydrogen) atoms. The fourth-order valence-corrected chi connectivity index (χ4v) is 3.27. The van der Waals surface area contributed by atoms with Crippen LogP contribution < -0.4 is 10.2 Å². The molecule has 1 atom stereocenters. The summed E-state index contributed by atoms with van der Waals surface area (Å²) in [6.07, 6.45) is 4.24. The summed E-state index contributed by atoms with van der Waals surface area (Å²) in [5.74, 6) is 2.29. The lowest BCUT2D eigenvalue weighted by molar-refractivity contribution is -0.125. The smallest absolute Gasteiger partial charge is 0.225 e. The second kappa shape index (κ2) is 6.03. The zero-order chi connectivity index (χ0) is 16.7. The average Bonchev–Trinajstić information content (AvgIpc) is 3.29. The molecular formula is C17H24N6O. The highest BCUT2D eigenvalue weighted by Gasteiger charge is 2.31. The molecule has 0 aromatic carbocycles. The Kier molecular flexibility index (Phi) is 3.86. The molecule has 128 valence electrons. The molecule has 3 heterocycles. The van der Waals surface area contributed by atoms with E-state index >= 15 is 0 Å². The van der Waals surface area contributed by atoms with Crippen LogP contribution in [-0.2, 0) is 4.79 Å². The second-order valence-electron chi connectivity index (χ2n) is 7.24.